The number of hydrogen-bond donors (Lipinski definition) is 2. The topological polar surface area (TPSA) is 67.4 Å². The van der Waals surface area contributed by atoms with Crippen molar-refractivity contribution in [2.75, 3.05) is 17.7 Å². The Morgan fingerprint density at radius 3 is 1.89 bits per heavy atom. The summed E-state index contributed by atoms with van der Waals surface area (Å²) >= 11 is 0. The lowest BCUT2D eigenvalue weighted by molar-refractivity contribution is 0.101. The monoisotopic (exact) mass is 360 g/mol. The van der Waals surface area contributed by atoms with Gasteiger partial charge in [0.15, 0.2) is 0 Å². The predicted octanol–water partition coefficient (Wildman–Crippen LogP) is 4.51. The molecular formula is C22H20N2O3. The second kappa shape index (κ2) is 8.19. The van der Waals surface area contributed by atoms with Crippen LogP contribution in [0.15, 0.2) is 72.8 Å². The van der Waals surface area contributed by atoms with Crippen LogP contribution in [0.1, 0.15) is 26.3 Å². The van der Waals surface area contributed by atoms with Gasteiger partial charge in [0.05, 0.1) is 7.11 Å². The van der Waals surface area contributed by atoms with Crippen molar-refractivity contribution in [3.05, 3.63) is 89.5 Å². The average molecular weight is 360 g/mol. The van der Waals surface area contributed by atoms with Crippen LogP contribution in [0.5, 0.6) is 5.75 Å². The summed E-state index contributed by atoms with van der Waals surface area (Å²) in [5.41, 5.74) is 3.34. The van der Waals surface area contributed by atoms with Crippen LogP contribution in [0.3, 0.4) is 0 Å². The molecule has 0 unspecified atom stereocenters. The van der Waals surface area contributed by atoms with Crippen LogP contribution in [-0.2, 0) is 0 Å². The first kappa shape index (κ1) is 18.2. The number of carbonyl (C=O) groups is 2. The fourth-order valence-electron chi connectivity index (χ4n) is 2.61. The highest BCUT2D eigenvalue weighted by atomic mass is 16.5. The normalized spacial score (nSPS) is 10.1. The molecule has 136 valence electrons. The molecule has 0 spiro atoms. The van der Waals surface area contributed by atoms with E-state index < -0.39 is 0 Å². The molecule has 0 aliphatic carbocycles. The molecule has 0 aliphatic heterocycles. The van der Waals surface area contributed by atoms with Crippen molar-refractivity contribution in [2.24, 2.45) is 0 Å². The van der Waals surface area contributed by atoms with E-state index >= 15 is 0 Å². The van der Waals surface area contributed by atoms with Crippen molar-refractivity contribution in [1.29, 1.82) is 0 Å². The second-order valence-electron chi connectivity index (χ2n) is 6.03. The molecular weight excluding hydrogens is 340 g/mol. The molecule has 0 aromatic heterocycles. The smallest absolute Gasteiger partial charge is 0.255 e. The van der Waals surface area contributed by atoms with Crippen molar-refractivity contribution in [1.82, 2.24) is 0 Å². The maximum atomic E-state index is 12.3. The number of aryl methyl sites for hydroxylation is 1. The highest BCUT2D eigenvalue weighted by Crippen LogP contribution is 2.17. The summed E-state index contributed by atoms with van der Waals surface area (Å²) in [6, 6.07) is 21.2. The molecule has 0 atom stereocenters. The Kier molecular flexibility index (Phi) is 5.52. The van der Waals surface area contributed by atoms with Crippen LogP contribution in [-0.4, -0.2) is 18.9 Å². The molecule has 0 saturated heterocycles. The number of benzene rings is 3. The van der Waals surface area contributed by atoms with Gasteiger partial charge in [0.25, 0.3) is 11.8 Å². The van der Waals surface area contributed by atoms with Crippen LogP contribution in [0.2, 0.25) is 0 Å². The molecule has 27 heavy (non-hydrogen) atoms. The summed E-state index contributed by atoms with van der Waals surface area (Å²) in [6.07, 6.45) is 0. The fourth-order valence-corrected chi connectivity index (χ4v) is 2.61. The molecule has 0 fully saturated rings. The Hall–Kier alpha value is -3.60. The Bertz CT molecular complexity index is 948. The fraction of sp³-hybridized carbons (Fsp3) is 0.0909. The molecule has 2 amide bonds. The minimum absolute atomic E-state index is 0.177. The van der Waals surface area contributed by atoms with Crippen LogP contribution in [0.25, 0.3) is 0 Å². The van der Waals surface area contributed by atoms with E-state index in [-0.39, 0.29) is 11.8 Å². The number of amides is 2. The average Bonchev–Trinajstić information content (AvgIpc) is 2.69. The third-order valence-corrected chi connectivity index (χ3v) is 4.14. The highest BCUT2D eigenvalue weighted by molar-refractivity contribution is 6.06. The van der Waals surface area contributed by atoms with Gasteiger partial charge < -0.3 is 15.4 Å². The third kappa shape index (κ3) is 4.52. The van der Waals surface area contributed by atoms with Crippen molar-refractivity contribution >= 4 is 23.2 Å². The molecule has 0 radical (unpaired) electrons. The zero-order valence-electron chi connectivity index (χ0n) is 15.2. The number of hydrogen-bond acceptors (Lipinski definition) is 3. The van der Waals surface area contributed by atoms with E-state index in [9.17, 15) is 9.59 Å². The maximum Gasteiger partial charge on any atom is 0.255 e. The lowest BCUT2D eigenvalue weighted by Gasteiger charge is -2.09. The molecule has 0 bridgehead atoms. The minimum Gasteiger partial charge on any atom is -0.497 e. The molecule has 2 N–H and O–H groups in total. The summed E-state index contributed by atoms with van der Waals surface area (Å²) in [6.45, 7) is 1.89. The maximum absolute atomic E-state index is 12.3. The zero-order chi connectivity index (χ0) is 19.2. The number of carbonyl (C=O) groups excluding carboxylic acids is 2. The van der Waals surface area contributed by atoms with E-state index in [4.69, 9.17) is 4.74 Å². The quantitative estimate of drug-likeness (QED) is 0.703. The van der Waals surface area contributed by atoms with Gasteiger partial charge in [0, 0.05) is 22.5 Å². The predicted molar refractivity (Wildman–Crippen MR) is 107 cm³/mol. The van der Waals surface area contributed by atoms with E-state index in [1.807, 2.05) is 25.1 Å². The summed E-state index contributed by atoms with van der Waals surface area (Å²) in [4.78, 5) is 24.7. The molecule has 5 nitrogen and oxygen atoms in total. The number of anilines is 2. The van der Waals surface area contributed by atoms with Crippen LogP contribution in [0.4, 0.5) is 11.4 Å². The van der Waals surface area contributed by atoms with Crippen LogP contribution >= 0.6 is 0 Å². The van der Waals surface area contributed by atoms with Gasteiger partial charge in [-0.05, 0) is 67.1 Å². The Morgan fingerprint density at radius 2 is 1.30 bits per heavy atom. The molecule has 0 heterocycles. The molecule has 0 saturated carbocycles. The van der Waals surface area contributed by atoms with Gasteiger partial charge in [0.2, 0.25) is 0 Å². The van der Waals surface area contributed by atoms with E-state index in [1.54, 1.807) is 61.7 Å². The van der Waals surface area contributed by atoms with Crippen molar-refractivity contribution in [2.45, 2.75) is 6.92 Å². The van der Waals surface area contributed by atoms with Gasteiger partial charge in [-0.25, -0.2) is 0 Å². The van der Waals surface area contributed by atoms with Crippen LogP contribution < -0.4 is 15.4 Å². The Balaban J connectivity index is 1.64. The van der Waals surface area contributed by atoms with Gasteiger partial charge in [-0.15, -0.1) is 0 Å². The van der Waals surface area contributed by atoms with Gasteiger partial charge in [-0.1, -0.05) is 18.2 Å². The summed E-state index contributed by atoms with van der Waals surface area (Å²) < 4.78 is 5.10. The van der Waals surface area contributed by atoms with E-state index in [1.165, 1.54) is 0 Å². The number of ether oxygens (including phenoxy) is 1. The van der Waals surface area contributed by atoms with E-state index in [0.29, 0.717) is 22.5 Å². The Labute approximate surface area is 158 Å². The van der Waals surface area contributed by atoms with Crippen molar-refractivity contribution in [3.63, 3.8) is 0 Å². The largest absolute Gasteiger partial charge is 0.497 e. The second-order valence-corrected chi connectivity index (χ2v) is 6.03. The molecule has 5 heteroatoms. The van der Waals surface area contributed by atoms with Gasteiger partial charge in [-0.2, -0.15) is 0 Å². The number of rotatable bonds is 5. The lowest BCUT2D eigenvalue weighted by Crippen LogP contribution is -2.14. The number of methoxy groups -OCH3 is 1. The lowest BCUT2D eigenvalue weighted by atomic mass is 10.1. The summed E-state index contributed by atoms with van der Waals surface area (Å²) in [7, 11) is 1.59. The minimum atomic E-state index is -0.225. The number of nitrogens with one attached hydrogen (secondary N) is 2. The first-order chi connectivity index (χ1) is 13.1. The molecule has 3 rings (SSSR count). The highest BCUT2D eigenvalue weighted by Gasteiger charge is 2.10. The molecule has 3 aromatic carbocycles. The standard InChI is InChI=1S/C22H20N2O3/c1-15-5-3-4-6-20(15)22(26)24-17-9-7-16(8-10-17)21(25)23-18-11-13-19(27-2)14-12-18/h3-14H,1-2H3,(H,23,25)(H,24,26). The summed E-state index contributed by atoms with van der Waals surface area (Å²) in [5.74, 6) is 0.322. The first-order valence-corrected chi connectivity index (χ1v) is 8.49. The van der Waals surface area contributed by atoms with Gasteiger partial charge in [0.1, 0.15) is 5.75 Å². The third-order valence-electron chi connectivity index (χ3n) is 4.14. The zero-order valence-corrected chi connectivity index (χ0v) is 15.2. The van der Waals surface area contributed by atoms with Gasteiger partial charge >= 0.3 is 0 Å². The summed E-state index contributed by atoms with van der Waals surface area (Å²) in [5, 5.41) is 5.66. The Morgan fingerprint density at radius 1 is 0.741 bits per heavy atom. The molecule has 0 aliphatic rings. The van der Waals surface area contributed by atoms with Gasteiger partial charge in [-0.3, -0.25) is 9.59 Å². The van der Waals surface area contributed by atoms with Crippen LogP contribution in [0, 0.1) is 6.92 Å². The van der Waals surface area contributed by atoms with Crippen molar-refractivity contribution in [3.8, 4) is 5.75 Å². The molecule has 3 aromatic rings. The van der Waals surface area contributed by atoms with E-state index in [0.717, 1.165) is 11.3 Å². The first-order valence-electron chi connectivity index (χ1n) is 8.49. The van der Waals surface area contributed by atoms with Crippen molar-refractivity contribution < 1.29 is 14.3 Å². The SMILES string of the molecule is COc1ccc(NC(=O)c2ccc(NC(=O)c3ccccc3C)cc2)cc1. The van der Waals surface area contributed by atoms with E-state index in [2.05, 4.69) is 10.6 Å².